The van der Waals surface area contributed by atoms with E-state index < -0.39 is 0 Å². The van der Waals surface area contributed by atoms with E-state index in [2.05, 4.69) is 10.6 Å². The molecule has 0 saturated carbocycles. The lowest BCUT2D eigenvalue weighted by Gasteiger charge is -2.08. The smallest absolute Gasteiger partial charge is 0.251 e. The van der Waals surface area contributed by atoms with Crippen LogP contribution in [-0.2, 0) is 11.2 Å². The van der Waals surface area contributed by atoms with Crippen LogP contribution in [0, 0.1) is 13.8 Å². The lowest BCUT2D eigenvalue weighted by molar-refractivity contribution is -0.120. The molecule has 116 valence electrons. The van der Waals surface area contributed by atoms with Gasteiger partial charge in [0.05, 0.1) is 6.54 Å². The third kappa shape index (κ3) is 4.70. The maximum Gasteiger partial charge on any atom is 0.251 e. The van der Waals surface area contributed by atoms with Crippen molar-refractivity contribution < 1.29 is 9.59 Å². The quantitative estimate of drug-likeness (QED) is 0.860. The van der Waals surface area contributed by atoms with Crippen molar-refractivity contribution in [3.8, 4) is 0 Å². The van der Waals surface area contributed by atoms with E-state index in [9.17, 15) is 9.59 Å². The first-order valence-electron chi connectivity index (χ1n) is 7.21. The number of thiophene rings is 1. The number of aryl methyl sites for hydroxylation is 2. The van der Waals surface area contributed by atoms with Crippen molar-refractivity contribution in [3.05, 3.63) is 57.3 Å². The molecular weight excluding hydrogens is 296 g/mol. The second-order valence-electron chi connectivity index (χ2n) is 5.16. The maximum absolute atomic E-state index is 12.0. The molecule has 2 amide bonds. The second kappa shape index (κ2) is 7.75. The van der Waals surface area contributed by atoms with Crippen LogP contribution in [0.2, 0.25) is 0 Å². The predicted octanol–water partition coefficient (Wildman–Crippen LogP) is 2.45. The third-order valence-corrected chi connectivity index (χ3v) is 4.39. The van der Waals surface area contributed by atoms with E-state index in [0.717, 1.165) is 17.5 Å². The van der Waals surface area contributed by atoms with E-state index in [1.54, 1.807) is 17.4 Å². The first kappa shape index (κ1) is 16.2. The lowest BCUT2D eigenvalue weighted by atomic mass is 10.1. The Kier molecular flexibility index (Phi) is 5.72. The number of nitrogens with one attached hydrogen (secondary N) is 2. The Labute approximate surface area is 134 Å². The maximum atomic E-state index is 12.0. The van der Waals surface area contributed by atoms with Gasteiger partial charge in [0.1, 0.15) is 0 Å². The summed E-state index contributed by atoms with van der Waals surface area (Å²) in [5.41, 5.74) is 2.78. The SMILES string of the molecule is Cc1ccc(C(=O)NCC(=O)NCCc2cccs2)cc1C. The molecule has 0 spiro atoms. The summed E-state index contributed by atoms with van der Waals surface area (Å²) in [5.74, 6) is -0.398. The summed E-state index contributed by atoms with van der Waals surface area (Å²) in [4.78, 5) is 24.9. The van der Waals surface area contributed by atoms with Crippen molar-refractivity contribution in [2.75, 3.05) is 13.1 Å². The molecule has 2 rings (SSSR count). The van der Waals surface area contributed by atoms with Gasteiger partial charge in [0.15, 0.2) is 0 Å². The van der Waals surface area contributed by atoms with Crippen molar-refractivity contribution in [2.24, 2.45) is 0 Å². The van der Waals surface area contributed by atoms with E-state index in [4.69, 9.17) is 0 Å². The highest BCUT2D eigenvalue weighted by Crippen LogP contribution is 2.09. The van der Waals surface area contributed by atoms with Gasteiger partial charge in [0.25, 0.3) is 5.91 Å². The Balaban J connectivity index is 1.73. The van der Waals surface area contributed by atoms with Crippen LogP contribution in [0.5, 0.6) is 0 Å². The molecule has 1 heterocycles. The summed E-state index contributed by atoms with van der Waals surface area (Å²) in [5, 5.41) is 7.46. The predicted molar refractivity (Wildman–Crippen MR) is 89.3 cm³/mol. The molecule has 0 saturated heterocycles. The van der Waals surface area contributed by atoms with Gasteiger partial charge < -0.3 is 10.6 Å². The number of amides is 2. The van der Waals surface area contributed by atoms with Crippen LogP contribution in [0.1, 0.15) is 26.4 Å². The molecule has 0 fully saturated rings. The van der Waals surface area contributed by atoms with Crippen LogP contribution < -0.4 is 10.6 Å². The number of carbonyl (C=O) groups is 2. The van der Waals surface area contributed by atoms with Crippen LogP contribution in [0.25, 0.3) is 0 Å². The topological polar surface area (TPSA) is 58.2 Å². The minimum atomic E-state index is -0.225. The van der Waals surface area contributed by atoms with Crippen molar-refractivity contribution in [1.29, 1.82) is 0 Å². The summed E-state index contributed by atoms with van der Waals surface area (Å²) in [6.45, 7) is 4.54. The molecule has 0 unspecified atom stereocenters. The Morgan fingerprint density at radius 2 is 1.91 bits per heavy atom. The Bertz CT molecular complexity index is 651. The Morgan fingerprint density at radius 1 is 1.09 bits per heavy atom. The Morgan fingerprint density at radius 3 is 2.59 bits per heavy atom. The zero-order chi connectivity index (χ0) is 15.9. The highest BCUT2D eigenvalue weighted by atomic mass is 32.1. The normalized spacial score (nSPS) is 10.3. The summed E-state index contributed by atoms with van der Waals surface area (Å²) in [7, 11) is 0. The summed E-state index contributed by atoms with van der Waals surface area (Å²) in [6, 6.07) is 9.54. The number of carbonyl (C=O) groups excluding carboxylic acids is 2. The molecule has 5 heteroatoms. The fraction of sp³-hybridized carbons (Fsp3) is 0.294. The monoisotopic (exact) mass is 316 g/mol. The Hall–Kier alpha value is -2.14. The van der Waals surface area contributed by atoms with Gasteiger partial charge in [-0.15, -0.1) is 11.3 Å². The fourth-order valence-corrected chi connectivity index (χ4v) is 2.70. The van der Waals surface area contributed by atoms with Crippen molar-refractivity contribution in [3.63, 3.8) is 0 Å². The third-order valence-electron chi connectivity index (χ3n) is 3.45. The average molecular weight is 316 g/mol. The van der Waals surface area contributed by atoms with Crippen LogP contribution in [0.4, 0.5) is 0 Å². The minimum absolute atomic E-state index is 0.00377. The standard InChI is InChI=1S/C17H20N2O2S/c1-12-5-6-14(10-13(12)2)17(21)19-11-16(20)18-8-7-15-4-3-9-22-15/h3-6,9-10H,7-8,11H2,1-2H3,(H,18,20)(H,19,21). The molecule has 0 aliphatic rings. The molecule has 0 atom stereocenters. The second-order valence-corrected chi connectivity index (χ2v) is 6.19. The molecule has 1 aromatic carbocycles. The van der Waals surface area contributed by atoms with Gasteiger partial charge in [-0.05, 0) is 55.0 Å². The molecular formula is C17H20N2O2S. The minimum Gasteiger partial charge on any atom is -0.354 e. The van der Waals surface area contributed by atoms with Crippen molar-refractivity contribution >= 4 is 23.2 Å². The van der Waals surface area contributed by atoms with Crippen LogP contribution in [-0.4, -0.2) is 24.9 Å². The van der Waals surface area contributed by atoms with Gasteiger partial charge in [0, 0.05) is 17.0 Å². The number of hydrogen-bond acceptors (Lipinski definition) is 3. The van der Waals surface area contributed by atoms with Gasteiger partial charge in [0.2, 0.25) is 5.91 Å². The fourth-order valence-electron chi connectivity index (χ4n) is 1.99. The molecule has 0 bridgehead atoms. The number of benzene rings is 1. The van der Waals surface area contributed by atoms with E-state index in [1.165, 1.54) is 4.88 Å². The zero-order valence-electron chi connectivity index (χ0n) is 12.8. The van der Waals surface area contributed by atoms with Gasteiger partial charge in [-0.3, -0.25) is 9.59 Å². The number of rotatable bonds is 6. The first-order chi connectivity index (χ1) is 10.6. The summed E-state index contributed by atoms with van der Waals surface area (Å²) >= 11 is 1.67. The van der Waals surface area contributed by atoms with Crippen LogP contribution >= 0.6 is 11.3 Å². The van der Waals surface area contributed by atoms with Crippen LogP contribution in [0.15, 0.2) is 35.7 Å². The molecule has 2 aromatic rings. The number of hydrogen-bond donors (Lipinski definition) is 2. The molecule has 22 heavy (non-hydrogen) atoms. The largest absolute Gasteiger partial charge is 0.354 e. The molecule has 4 nitrogen and oxygen atoms in total. The summed E-state index contributed by atoms with van der Waals surface area (Å²) in [6.07, 6.45) is 0.814. The first-order valence-corrected chi connectivity index (χ1v) is 8.09. The summed E-state index contributed by atoms with van der Waals surface area (Å²) < 4.78 is 0. The highest BCUT2D eigenvalue weighted by Gasteiger charge is 2.08. The van der Waals surface area contributed by atoms with E-state index >= 15 is 0 Å². The van der Waals surface area contributed by atoms with Crippen molar-refractivity contribution in [2.45, 2.75) is 20.3 Å². The average Bonchev–Trinajstić information content (AvgIpc) is 3.01. The van der Waals surface area contributed by atoms with Gasteiger partial charge in [-0.2, -0.15) is 0 Å². The van der Waals surface area contributed by atoms with E-state index in [-0.39, 0.29) is 18.4 Å². The van der Waals surface area contributed by atoms with Crippen LogP contribution in [0.3, 0.4) is 0 Å². The molecule has 0 radical (unpaired) electrons. The van der Waals surface area contributed by atoms with Gasteiger partial charge in [-0.25, -0.2) is 0 Å². The molecule has 2 N–H and O–H groups in total. The lowest BCUT2D eigenvalue weighted by Crippen LogP contribution is -2.37. The molecule has 0 aliphatic heterocycles. The van der Waals surface area contributed by atoms with E-state index in [1.807, 2.05) is 43.5 Å². The van der Waals surface area contributed by atoms with E-state index in [0.29, 0.717) is 12.1 Å². The van der Waals surface area contributed by atoms with Gasteiger partial charge >= 0.3 is 0 Å². The van der Waals surface area contributed by atoms with Gasteiger partial charge in [-0.1, -0.05) is 12.1 Å². The zero-order valence-corrected chi connectivity index (χ0v) is 13.6. The highest BCUT2D eigenvalue weighted by molar-refractivity contribution is 7.09. The van der Waals surface area contributed by atoms with Crippen molar-refractivity contribution in [1.82, 2.24) is 10.6 Å². The molecule has 1 aromatic heterocycles. The molecule has 0 aliphatic carbocycles.